The topological polar surface area (TPSA) is 0 Å². The molecule has 0 saturated carbocycles. The van der Waals surface area contributed by atoms with Crippen LogP contribution in [0, 0.1) is 0 Å². The van der Waals surface area contributed by atoms with E-state index in [-0.39, 0.29) is 18.2 Å². The average Bonchev–Trinajstić information content (AvgIpc) is 2.42. The van der Waals surface area contributed by atoms with Crippen LogP contribution in [-0.2, 0) is 5.41 Å². The van der Waals surface area contributed by atoms with E-state index in [1.165, 1.54) is 18.2 Å². The summed E-state index contributed by atoms with van der Waals surface area (Å²) in [5.41, 5.74) is -3.97. The number of hydrogen-bond donors (Lipinski definition) is 0. The van der Waals surface area contributed by atoms with Crippen LogP contribution in [0.2, 0.25) is 0 Å². The Morgan fingerprint density at radius 2 is 1.22 bits per heavy atom. The highest BCUT2D eigenvalue weighted by atomic mass is 19.4. The summed E-state index contributed by atoms with van der Waals surface area (Å²) in [5, 5.41) is 0.399. The van der Waals surface area contributed by atoms with Gasteiger partial charge in [0.05, 0.1) is 0 Å². The predicted octanol–water partition coefficient (Wildman–Crippen LogP) is 6.35. The Labute approximate surface area is 130 Å². The Balaban J connectivity index is 2.90. The molecule has 0 atom stereocenters. The summed E-state index contributed by atoms with van der Waals surface area (Å²) in [7, 11) is 0. The lowest BCUT2D eigenvalue weighted by atomic mass is 9.77. The van der Waals surface area contributed by atoms with Gasteiger partial charge in [-0.25, -0.2) is 0 Å². The minimum Gasteiger partial charge on any atom is -0.170 e. The van der Waals surface area contributed by atoms with E-state index < -0.39 is 23.3 Å². The highest BCUT2D eigenvalue weighted by Crippen LogP contribution is 2.53. The largest absolute Gasteiger partial charge is 0.406 e. The molecule has 0 bridgehead atoms. The summed E-state index contributed by atoms with van der Waals surface area (Å²) >= 11 is 0. The summed E-state index contributed by atoms with van der Waals surface area (Å²) in [4.78, 5) is 0. The van der Waals surface area contributed by atoms with Gasteiger partial charge in [0, 0.05) is 0 Å². The third-order valence-corrected chi connectivity index (χ3v) is 4.25. The van der Waals surface area contributed by atoms with Crippen molar-refractivity contribution in [3.8, 4) is 0 Å². The molecule has 0 heterocycles. The molecule has 126 valence electrons. The molecule has 0 amide bonds. The zero-order valence-corrected chi connectivity index (χ0v) is 12.8. The van der Waals surface area contributed by atoms with Crippen LogP contribution in [0.4, 0.5) is 26.3 Å². The van der Waals surface area contributed by atoms with Crippen LogP contribution in [-0.4, -0.2) is 12.4 Å². The van der Waals surface area contributed by atoms with E-state index in [1.54, 1.807) is 12.1 Å². The smallest absolute Gasteiger partial charge is 0.170 e. The first-order chi connectivity index (χ1) is 10.4. The summed E-state index contributed by atoms with van der Waals surface area (Å²) in [6, 6.07) is 8.24. The summed E-state index contributed by atoms with van der Waals surface area (Å²) in [5.74, 6) is -0.0167. The molecule has 0 unspecified atom stereocenters. The van der Waals surface area contributed by atoms with Gasteiger partial charge in [-0.1, -0.05) is 50.2 Å². The molecular weight excluding hydrogens is 318 g/mol. The first-order valence-corrected chi connectivity index (χ1v) is 7.07. The summed E-state index contributed by atoms with van der Waals surface area (Å²) in [6.45, 7) is 3.88. The van der Waals surface area contributed by atoms with Crippen LogP contribution in [0.25, 0.3) is 10.8 Å². The lowest BCUT2D eigenvalue weighted by Gasteiger charge is -2.35. The van der Waals surface area contributed by atoms with Crippen LogP contribution >= 0.6 is 0 Å². The summed E-state index contributed by atoms with van der Waals surface area (Å²) < 4.78 is 80.1. The van der Waals surface area contributed by atoms with Crippen LogP contribution in [0.5, 0.6) is 0 Å². The van der Waals surface area contributed by atoms with E-state index in [0.29, 0.717) is 5.39 Å². The maximum atomic E-state index is 13.4. The average molecular weight is 334 g/mol. The summed E-state index contributed by atoms with van der Waals surface area (Å²) in [6.07, 6.45) is -10.9. The van der Waals surface area contributed by atoms with Gasteiger partial charge in [-0.15, -0.1) is 0 Å². The van der Waals surface area contributed by atoms with Crippen molar-refractivity contribution >= 4 is 10.8 Å². The molecule has 6 heteroatoms. The number of benzene rings is 2. The fourth-order valence-corrected chi connectivity index (χ4v) is 2.73. The Kier molecular flexibility index (Phi) is 4.16. The number of hydrogen-bond acceptors (Lipinski definition) is 0. The second-order valence-electron chi connectivity index (χ2n) is 6.02. The molecule has 2 rings (SSSR count). The Morgan fingerprint density at radius 3 is 1.65 bits per heavy atom. The molecule has 0 aliphatic carbocycles. The first-order valence-electron chi connectivity index (χ1n) is 7.07. The van der Waals surface area contributed by atoms with Crippen molar-refractivity contribution in [2.45, 2.75) is 44.5 Å². The number of rotatable bonds is 2. The lowest BCUT2D eigenvalue weighted by molar-refractivity contribution is -0.296. The van der Waals surface area contributed by atoms with Crippen LogP contribution in [0.3, 0.4) is 0 Å². The number of fused-ring (bicyclic) bond motifs is 1. The molecule has 2 aromatic rings. The van der Waals surface area contributed by atoms with Gasteiger partial charge in [0.15, 0.2) is 5.41 Å². The van der Waals surface area contributed by atoms with E-state index in [0.717, 1.165) is 11.6 Å². The molecule has 0 aromatic heterocycles. The second-order valence-corrected chi connectivity index (χ2v) is 6.02. The molecule has 0 saturated heterocycles. The van der Waals surface area contributed by atoms with Gasteiger partial charge < -0.3 is 0 Å². The third-order valence-electron chi connectivity index (χ3n) is 4.25. The van der Waals surface area contributed by atoms with Crippen molar-refractivity contribution in [1.29, 1.82) is 0 Å². The van der Waals surface area contributed by atoms with E-state index in [2.05, 4.69) is 0 Å². The fourth-order valence-electron chi connectivity index (χ4n) is 2.73. The molecular formula is C17H16F6. The Morgan fingerprint density at radius 1 is 0.739 bits per heavy atom. The third kappa shape index (κ3) is 2.68. The van der Waals surface area contributed by atoms with Crippen molar-refractivity contribution < 1.29 is 26.3 Å². The highest BCUT2D eigenvalue weighted by Gasteiger charge is 2.68. The van der Waals surface area contributed by atoms with Gasteiger partial charge in [-0.3, -0.25) is 0 Å². The zero-order valence-electron chi connectivity index (χ0n) is 12.8. The van der Waals surface area contributed by atoms with Crippen LogP contribution in [0.1, 0.15) is 37.8 Å². The molecule has 0 spiro atoms. The molecule has 2 aromatic carbocycles. The van der Waals surface area contributed by atoms with E-state index in [1.807, 2.05) is 13.8 Å². The lowest BCUT2D eigenvalue weighted by Crippen LogP contribution is -2.51. The van der Waals surface area contributed by atoms with Gasteiger partial charge in [0.1, 0.15) is 0 Å². The predicted molar refractivity (Wildman–Crippen MR) is 77.5 cm³/mol. The molecule has 0 radical (unpaired) electrons. The Bertz CT molecular complexity index is 695. The maximum Gasteiger partial charge on any atom is 0.406 e. The van der Waals surface area contributed by atoms with E-state index in [9.17, 15) is 26.3 Å². The van der Waals surface area contributed by atoms with Crippen LogP contribution in [0.15, 0.2) is 36.4 Å². The van der Waals surface area contributed by atoms with Gasteiger partial charge in [-0.05, 0) is 34.7 Å². The monoisotopic (exact) mass is 334 g/mol. The molecule has 0 aliphatic heterocycles. The second kappa shape index (κ2) is 5.42. The van der Waals surface area contributed by atoms with Crippen molar-refractivity contribution in [2.24, 2.45) is 0 Å². The SMILES string of the molecule is CC(C)c1ccc(C(C)(C(F)(F)F)C(F)(F)F)c2ccccc12. The fraction of sp³-hybridized carbons (Fsp3) is 0.412. The minimum atomic E-state index is -5.45. The van der Waals surface area contributed by atoms with Crippen LogP contribution < -0.4 is 0 Å². The van der Waals surface area contributed by atoms with Gasteiger partial charge in [0.25, 0.3) is 0 Å². The molecule has 0 N–H and O–H groups in total. The van der Waals surface area contributed by atoms with Crippen molar-refractivity contribution in [3.05, 3.63) is 47.5 Å². The number of alkyl halides is 6. The standard InChI is InChI=1S/C17H16F6/c1-10(2)11-8-9-14(13-7-5-4-6-12(11)13)15(3,16(18,19)20)17(21,22)23/h4-10H,1-3H3. The van der Waals surface area contributed by atoms with E-state index >= 15 is 0 Å². The molecule has 23 heavy (non-hydrogen) atoms. The van der Waals surface area contributed by atoms with Gasteiger partial charge >= 0.3 is 12.4 Å². The molecule has 0 nitrogen and oxygen atoms in total. The number of halogens is 6. The van der Waals surface area contributed by atoms with Crippen molar-refractivity contribution in [2.75, 3.05) is 0 Å². The van der Waals surface area contributed by atoms with Crippen molar-refractivity contribution in [1.82, 2.24) is 0 Å². The van der Waals surface area contributed by atoms with Crippen molar-refractivity contribution in [3.63, 3.8) is 0 Å². The minimum absolute atomic E-state index is 0.0167. The normalized spacial score (nSPS) is 13.8. The maximum absolute atomic E-state index is 13.4. The highest BCUT2D eigenvalue weighted by molar-refractivity contribution is 5.90. The van der Waals surface area contributed by atoms with E-state index in [4.69, 9.17) is 0 Å². The first kappa shape index (κ1) is 17.6. The van der Waals surface area contributed by atoms with Gasteiger partial charge in [-0.2, -0.15) is 26.3 Å². The Hall–Kier alpha value is -1.72. The quantitative estimate of drug-likeness (QED) is 0.562. The van der Waals surface area contributed by atoms with Gasteiger partial charge in [0.2, 0.25) is 0 Å². The molecule has 0 aliphatic rings. The molecule has 0 fully saturated rings. The zero-order chi connectivity index (χ0) is 17.6.